The Morgan fingerprint density at radius 1 is 1.50 bits per heavy atom. The molecule has 0 aromatic carbocycles. The van der Waals surface area contributed by atoms with Crippen molar-refractivity contribution >= 4 is 17.4 Å². The summed E-state index contributed by atoms with van der Waals surface area (Å²) >= 11 is 0. The van der Waals surface area contributed by atoms with Crippen molar-refractivity contribution in [1.82, 2.24) is 9.55 Å². The summed E-state index contributed by atoms with van der Waals surface area (Å²) in [7, 11) is 1.57. The van der Waals surface area contributed by atoms with E-state index in [2.05, 4.69) is 10.3 Å². The molecule has 1 amide bonds. The fourth-order valence-electron chi connectivity index (χ4n) is 1.49. The second-order valence-electron chi connectivity index (χ2n) is 3.62. The average Bonchev–Trinajstić information content (AvgIpc) is 2.73. The molecule has 0 saturated heterocycles. The molecule has 0 spiro atoms. The molecule has 0 bridgehead atoms. The molecule has 2 aromatic heterocycles. The van der Waals surface area contributed by atoms with Crippen LogP contribution >= 0.6 is 0 Å². The third-order valence-corrected chi connectivity index (χ3v) is 2.34. The molecule has 2 rings (SSSR count). The lowest BCUT2D eigenvalue weighted by Gasteiger charge is -2.03. The number of nitrogens with one attached hydrogen (secondary N) is 1. The predicted octanol–water partition coefficient (Wildman–Crippen LogP) is 1.58. The molecule has 2 aromatic rings. The van der Waals surface area contributed by atoms with Crippen molar-refractivity contribution in [2.24, 2.45) is 7.05 Å². The minimum absolute atomic E-state index is 0.122. The Hall–Kier alpha value is -2.70. The largest absolute Gasteiger partial charge is 0.340 e. The molecule has 7 nitrogen and oxygen atoms in total. The van der Waals surface area contributed by atoms with Crippen LogP contribution in [0.25, 0.3) is 0 Å². The van der Waals surface area contributed by atoms with Crippen molar-refractivity contribution in [2.75, 3.05) is 5.32 Å². The van der Waals surface area contributed by atoms with E-state index in [9.17, 15) is 14.9 Å². The van der Waals surface area contributed by atoms with Gasteiger partial charge in [-0.2, -0.15) is 0 Å². The van der Waals surface area contributed by atoms with Crippen LogP contribution in [-0.4, -0.2) is 20.4 Å². The fraction of sp³-hybridized carbons (Fsp3) is 0.0909. The first kappa shape index (κ1) is 11.8. The fourth-order valence-corrected chi connectivity index (χ4v) is 1.49. The zero-order chi connectivity index (χ0) is 13.1. The molecule has 0 saturated carbocycles. The monoisotopic (exact) mass is 246 g/mol. The van der Waals surface area contributed by atoms with Gasteiger partial charge < -0.3 is 9.88 Å². The van der Waals surface area contributed by atoms with Crippen molar-refractivity contribution in [3.63, 3.8) is 0 Å². The molecule has 92 valence electrons. The third-order valence-electron chi connectivity index (χ3n) is 2.34. The number of anilines is 1. The highest BCUT2D eigenvalue weighted by Crippen LogP contribution is 2.16. The molecule has 18 heavy (non-hydrogen) atoms. The minimum Gasteiger partial charge on any atom is -0.340 e. The van der Waals surface area contributed by atoms with E-state index in [-0.39, 0.29) is 11.4 Å². The molecule has 0 radical (unpaired) electrons. The summed E-state index contributed by atoms with van der Waals surface area (Å²) < 4.78 is 1.40. The summed E-state index contributed by atoms with van der Waals surface area (Å²) in [6.45, 7) is 0. The van der Waals surface area contributed by atoms with E-state index in [0.29, 0.717) is 5.82 Å². The SMILES string of the molecule is Cn1cc([N+](=O)[O-])cc1C(=O)Nc1ccccn1. The second-order valence-corrected chi connectivity index (χ2v) is 3.62. The van der Waals surface area contributed by atoms with Crippen LogP contribution in [0.4, 0.5) is 11.5 Å². The number of aryl methyl sites for hydroxylation is 1. The lowest BCUT2D eigenvalue weighted by molar-refractivity contribution is -0.384. The van der Waals surface area contributed by atoms with Crippen molar-refractivity contribution < 1.29 is 9.72 Å². The van der Waals surface area contributed by atoms with E-state index in [1.54, 1.807) is 31.4 Å². The van der Waals surface area contributed by atoms with Crippen LogP contribution in [0.1, 0.15) is 10.5 Å². The molecule has 0 aliphatic rings. The van der Waals surface area contributed by atoms with Crippen LogP contribution in [0.5, 0.6) is 0 Å². The molecule has 0 atom stereocenters. The summed E-state index contributed by atoms with van der Waals surface area (Å²) in [5.41, 5.74) is 0.0797. The Bertz CT molecular complexity index is 592. The highest BCUT2D eigenvalue weighted by molar-refractivity contribution is 6.03. The van der Waals surface area contributed by atoms with Crippen molar-refractivity contribution in [3.05, 3.63) is 52.5 Å². The van der Waals surface area contributed by atoms with Gasteiger partial charge in [0, 0.05) is 19.3 Å². The number of hydrogen-bond acceptors (Lipinski definition) is 4. The van der Waals surface area contributed by atoms with Gasteiger partial charge in [-0.05, 0) is 12.1 Å². The number of pyridine rings is 1. The molecule has 2 heterocycles. The first-order valence-corrected chi connectivity index (χ1v) is 5.11. The molecule has 0 unspecified atom stereocenters. The van der Waals surface area contributed by atoms with E-state index in [0.717, 1.165) is 0 Å². The van der Waals surface area contributed by atoms with Crippen LogP contribution < -0.4 is 5.32 Å². The van der Waals surface area contributed by atoms with Crippen LogP contribution in [0.2, 0.25) is 0 Å². The van der Waals surface area contributed by atoms with Crippen LogP contribution in [0, 0.1) is 10.1 Å². The molecular formula is C11H10N4O3. The van der Waals surface area contributed by atoms with Gasteiger partial charge in [-0.15, -0.1) is 0 Å². The number of nitro groups is 1. The topological polar surface area (TPSA) is 90.1 Å². The van der Waals surface area contributed by atoms with Crippen LogP contribution in [0.3, 0.4) is 0 Å². The van der Waals surface area contributed by atoms with Gasteiger partial charge in [0.05, 0.1) is 11.1 Å². The van der Waals surface area contributed by atoms with E-state index in [4.69, 9.17) is 0 Å². The van der Waals surface area contributed by atoms with Gasteiger partial charge in [-0.3, -0.25) is 14.9 Å². The Kier molecular flexibility index (Phi) is 3.05. The Morgan fingerprint density at radius 3 is 2.83 bits per heavy atom. The molecule has 1 N–H and O–H groups in total. The second kappa shape index (κ2) is 4.66. The van der Waals surface area contributed by atoms with Gasteiger partial charge in [-0.25, -0.2) is 4.98 Å². The number of nitrogens with zero attached hydrogens (tertiary/aromatic N) is 3. The van der Waals surface area contributed by atoms with Crippen molar-refractivity contribution in [3.8, 4) is 0 Å². The quantitative estimate of drug-likeness (QED) is 0.657. The van der Waals surface area contributed by atoms with E-state index in [1.807, 2.05) is 0 Å². The maximum absolute atomic E-state index is 11.9. The van der Waals surface area contributed by atoms with Crippen molar-refractivity contribution in [1.29, 1.82) is 0 Å². The standard InChI is InChI=1S/C11H10N4O3/c1-14-7-8(15(17)18)6-9(14)11(16)13-10-4-2-3-5-12-10/h2-7H,1H3,(H,12,13,16). The van der Waals surface area contributed by atoms with E-state index >= 15 is 0 Å². The van der Waals surface area contributed by atoms with E-state index in [1.165, 1.54) is 16.8 Å². The molecular weight excluding hydrogens is 236 g/mol. The van der Waals surface area contributed by atoms with Gasteiger partial charge in [0.1, 0.15) is 11.5 Å². The molecule has 0 fully saturated rings. The Balaban J connectivity index is 2.22. The molecule has 7 heteroatoms. The summed E-state index contributed by atoms with van der Waals surface area (Å²) in [4.78, 5) is 25.9. The van der Waals surface area contributed by atoms with Crippen LogP contribution in [0.15, 0.2) is 36.7 Å². The minimum atomic E-state index is -0.544. The molecule has 0 aliphatic heterocycles. The Labute approximate surface area is 102 Å². The predicted molar refractivity (Wildman–Crippen MR) is 64.3 cm³/mol. The van der Waals surface area contributed by atoms with E-state index < -0.39 is 10.8 Å². The number of carbonyl (C=O) groups is 1. The molecule has 0 aliphatic carbocycles. The average molecular weight is 246 g/mol. The first-order chi connectivity index (χ1) is 8.58. The lowest BCUT2D eigenvalue weighted by Crippen LogP contribution is -2.15. The summed E-state index contributed by atoms with van der Waals surface area (Å²) in [6, 6.07) is 6.31. The van der Waals surface area contributed by atoms with Gasteiger partial charge in [0.25, 0.3) is 11.6 Å². The van der Waals surface area contributed by atoms with Gasteiger partial charge in [-0.1, -0.05) is 6.07 Å². The number of carbonyl (C=O) groups excluding carboxylic acids is 1. The van der Waals surface area contributed by atoms with Gasteiger partial charge in [0.15, 0.2) is 0 Å². The summed E-state index contributed by atoms with van der Waals surface area (Å²) in [5, 5.41) is 13.2. The maximum atomic E-state index is 11.9. The summed E-state index contributed by atoms with van der Waals surface area (Å²) in [5.74, 6) is -0.0457. The number of aromatic nitrogens is 2. The zero-order valence-electron chi connectivity index (χ0n) is 9.53. The first-order valence-electron chi connectivity index (χ1n) is 5.11. The van der Waals surface area contributed by atoms with Gasteiger partial charge >= 0.3 is 0 Å². The highest BCUT2D eigenvalue weighted by Gasteiger charge is 2.17. The van der Waals surface area contributed by atoms with Gasteiger partial charge in [0.2, 0.25) is 0 Å². The third kappa shape index (κ3) is 2.34. The normalized spacial score (nSPS) is 10.1. The highest BCUT2D eigenvalue weighted by atomic mass is 16.6. The number of hydrogen-bond donors (Lipinski definition) is 1. The lowest BCUT2D eigenvalue weighted by atomic mass is 10.3. The van der Waals surface area contributed by atoms with Crippen molar-refractivity contribution in [2.45, 2.75) is 0 Å². The number of amides is 1. The Morgan fingerprint density at radius 2 is 2.28 bits per heavy atom. The smallest absolute Gasteiger partial charge is 0.287 e. The summed E-state index contributed by atoms with van der Waals surface area (Å²) in [6.07, 6.45) is 2.83. The number of rotatable bonds is 3. The zero-order valence-corrected chi connectivity index (χ0v) is 9.53. The van der Waals surface area contributed by atoms with Crippen LogP contribution in [-0.2, 0) is 7.05 Å². The maximum Gasteiger partial charge on any atom is 0.287 e.